The summed E-state index contributed by atoms with van der Waals surface area (Å²) in [7, 11) is 0. The van der Waals surface area contributed by atoms with Gasteiger partial charge in [0.05, 0.1) is 5.54 Å². The summed E-state index contributed by atoms with van der Waals surface area (Å²) < 4.78 is 26.1. The molecule has 2 N–H and O–H groups in total. The summed E-state index contributed by atoms with van der Waals surface area (Å²) in [6.07, 6.45) is 2.76. The first kappa shape index (κ1) is 13.9. The van der Waals surface area contributed by atoms with Crippen molar-refractivity contribution in [2.45, 2.75) is 31.7 Å². The summed E-state index contributed by atoms with van der Waals surface area (Å²) in [5.74, 6) is -2.24. The highest BCUT2D eigenvalue weighted by atomic mass is 19.2. The number of hydrogen-bond acceptors (Lipinski definition) is 2. The number of nitrogens with zero attached hydrogens (tertiary/aromatic N) is 1. The average Bonchev–Trinajstić information content (AvgIpc) is 2.41. The number of rotatable bonds is 2. The molecule has 1 heterocycles. The van der Waals surface area contributed by atoms with Crippen LogP contribution in [0.15, 0.2) is 18.2 Å². The molecule has 1 aromatic rings. The van der Waals surface area contributed by atoms with Gasteiger partial charge in [0.2, 0.25) is 0 Å². The molecule has 1 aliphatic heterocycles. The zero-order valence-corrected chi connectivity index (χ0v) is 11.0. The van der Waals surface area contributed by atoms with Crippen molar-refractivity contribution in [2.75, 3.05) is 13.1 Å². The number of carbonyl (C=O) groups excluding carboxylic acids is 1. The van der Waals surface area contributed by atoms with Crippen LogP contribution in [-0.2, 0) is 0 Å². The maximum atomic E-state index is 13.2. The SMILES string of the molecule is CC1(CN)CCCCN1C(=O)c1ccc(F)c(F)c1. The van der Waals surface area contributed by atoms with Gasteiger partial charge in [0, 0.05) is 18.7 Å². The van der Waals surface area contributed by atoms with Gasteiger partial charge in [0.15, 0.2) is 11.6 Å². The number of piperidine rings is 1. The largest absolute Gasteiger partial charge is 0.332 e. The smallest absolute Gasteiger partial charge is 0.254 e. The van der Waals surface area contributed by atoms with E-state index in [-0.39, 0.29) is 11.5 Å². The van der Waals surface area contributed by atoms with Crippen LogP contribution in [0, 0.1) is 11.6 Å². The lowest BCUT2D eigenvalue weighted by molar-refractivity contribution is 0.0402. The number of amides is 1. The Morgan fingerprint density at radius 3 is 2.74 bits per heavy atom. The lowest BCUT2D eigenvalue weighted by Crippen LogP contribution is -2.56. The second-order valence-corrected chi connectivity index (χ2v) is 5.24. The number of carbonyl (C=O) groups is 1. The number of benzene rings is 1. The van der Waals surface area contributed by atoms with Gasteiger partial charge in [0.1, 0.15) is 0 Å². The van der Waals surface area contributed by atoms with E-state index in [4.69, 9.17) is 5.73 Å². The van der Waals surface area contributed by atoms with E-state index in [1.54, 1.807) is 4.90 Å². The predicted molar refractivity (Wildman–Crippen MR) is 68.7 cm³/mol. The summed E-state index contributed by atoms with van der Waals surface area (Å²) in [5.41, 5.74) is 5.53. The van der Waals surface area contributed by atoms with Crippen LogP contribution in [0.4, 0.5) is 8.78 Å². The Hall–Kier alpha value is -1.49. The normalized spacial score (nSPS) is 23.5. The fourth-order valence-electron chi connectivity index (χ4n) is 2.52. The molecule has 1 aliphatic rings. The highest BCUT2D eigenvalue weighted by Crippen LogP contribution is 2.28. The van der Waals surface area contributed by atoms with Crippen LogP contribution in [0.1, 0.15) is 36.5 Å². The molecule has 1 saturated heterocycles. The van der Waals surface area contributed by atoms with Crippen molar-refractivity contribution in [3.05, 3.63) is 35.4 Å². The molecule has 0 aliphatic carbocycles. The Morgan fingerprint density at radius 2 is 2.11 bits per heavy atom. The number of likely N-dealkylation sites (tertiary alicyclic amines) is 1. The minimum Gasteiger partial charge on any atom is -0.332 e. The van der Waals surface area contributed by atoms with Crippen molar-refractivity contribution in [2.24, 2.45) is 5.73 Å². The highest BCUT2D eigenvalue weighted by molar-refractivity contribution is 5.94. The zero-order chi connectivity index (χ0) is 14.0. The summed E-state index contributed by atoms with van der Waals surface area (Å²) in [4.78, 5) is 14.1. The first-order chi connectivity index (χ1) is 8.98. The monoisotopic (exact) mass is 268 g/mol. The minimum absolute atomic E-state index is 0.167. The molecular formula is C14H18F2N2O. The van der Waals surface area contributed by atoms with Gasteiger partial charge in [-0.3, -0.25) is 4.79 Å². The second kappa shape index (κ2) is 5.25. The van der Waals surface area contributed by atoms with Crippen molar-refractivity contribution in [1.82, 2.24) is 4.90 Å². The first-order valence-corrected chi connectivity index (χ1v) is 6.45. The van der Waals surface area contributed by atoms with Crippen LogP contribution in [0.2, 0.25) is 0 Å². The molecule has 0 bridgehead atoms. The van der Waals surface area contributed by atoms with Gasteiger partial charge in [-0.15, -0.1) is 0 Å². The van der Waals surface area contributed by atoms with Gasteiger partial charge >= 0.3 is 0 Å². The molecule has 0 radical (unpaired) electrons. The molecule has 1 atom stereocenters. The molecule has 19 heavy (non-hydrogen) atoms. The maximum Gasteiger partial charge on any atom is 0.254 e. The molecule has 1 fully saturated rings. The minimum atomic E-state index is -1.00. The Bertz CT molecular complexity index is 492. The Balaban J connectivity index is 2.29. The summed E-state index contributed by atoms with van der Waals surface area (Å²) >= 11 is 0. The predicted octanol–water partition coefficient (Wildman–Crippen LogP) is 2.31. The van der Waals surface area contributed by atoms with Crippen LogP contribution >= 0.6 is 0 Å². The van der Waals surface area contributed by atoms with Crippen LogP contribution in [0.3, 0.4) is 0 Å². The third kappa shape index (κ3) is 2.61. The van der Waals surface area contributed by atoms with E-state index in [0.717, 1.165) is 31.4 Å². The molecule has 1 amide bonds. The number of hydrogen-bond donors (Lipinski definition) is 1. The molecule has 104 valence electrons. The van der Waals surface area contributed by atoms with Crippen molar-refractivity contribution in [3.8, 4) is 0 Å². The Morgan fingerprint density at radius 1 is 1.37 bits per heavy atom. The van der Waals surface area contributed by atoms with Gasteiger partial charge < -0.3 is 10.6 Å². The lowest BCUT2D eigenvalue weighted by Gasteiger charge is -2.44. The van der Waals surface area contributed by atoms with Gasteiger partial charge in [-0.25, -0.2) is 8.78 Å². The van der Waals surface area contributed by atoms with Crippen LogP contribution in [-0.4, -0.2) is 29.4 Å². The van der Waals surface area contributed by atoms with Crippen molar-refractivity contribution >= 4 is 5.91 Å². The van der Waals surface area contributed by atoms with Crippen molar-refractivity contribution < 1.29 is 13.6 Å². The molecule has 2 rings (SSSR count). The number of nitrogens with two attached hydrogens (primary N) is 1. The third-order valence-corrected chi connectivity index (χ3v) is 3.85. The zero-order valence-electron chi connectivity index (χ0n) is 11.0. The van der Waals surface area contributed by atoms with Gasteiger partial charge in [-0.05, 0) is 44.4 Å². The average molecular weight is 268 g/mol. The van der Waals surface area contributed by atoms with E-state index in [1.165, 1.54) is 6.07 Å². The van der Waals surface area contributed by atoms with Crippen molar-refractivity contribution in [1.29, 1.82) is 0 Å². The Kier molecular flexibility index (Phi) is 3.85. The standard InChI is InChI=1S/C14H18F2N2O/c1-14(9-17)6-2-3-7-18(14)13(19)10-4-5-11(15)12(16)8-10/h4-5,8H,2-3,6-7,9,17H2,1H3. The molecular weight excluding hydrogens is 250 g/mol. The summed E-state index contributed by atoms with van der Waals surface area (Å²) in [6, 6.07) is 3.24. The lowest BCUT2D eigenvalue weighted by atomic mass is 9.88. The highest BCUT2D eigenvalue weighted by Gasteiger charge is 2.36. The fourth-order valence-corrected chi connectivity index (χ4v) is 2.52. The van der Waals surface area contributed by atoms with Crippen LogP contribution < -0.4 is 5.73 Å². The van der Waals surface area contributed by atoms with E-state index in [2.05, 4.69) is 0 Å². The summed E-state index contributed by atoms with van der Waals surface area (Å²) in [6.45, 7) is 2.90. The maximum absolute atomic E-state index is 13.2. The van der Waals surface area contributed by atoms with E-state index >= 15 is 0 Å². The van der Waals surface area contributed by atoms with Crippen LogP contribution in [0.25, 0.3) is 0 Å². The van der Waals surface area contributed by atoms with E-state index in [0.29, 0.717) is 13.1 Å². The van der Waals surface area contributed by atoms with Gasteiger partial charge in [-0.2, -0.15) is 0 Å². The molecule has 1 unspecified atom stereocenters. The van der Waals surface area contributed by atoms with Crippen LogP contribution in [0.5, 0.6) is 0 Å². The second-order valence-electron chi connectivity index (χ2n) is 5.24. The topological polar surface area (TPSA) is 46.3 Å². The summed E-state index contributed by atoms with van der Waals surface area (Å²) in [5, 5.41) is 0. The molecule has 3 nitrogen and oxygen atoms in total. The molecule has 5 heteroatoms. The Labute approximate surface area is 111 Å². The molecule has 0 saturated carbocycles. The van der Waals surface area contributed by atoms with E-state index in [9.17, 15) is 13.6 Å². The third-order valence-electron chi connectivity index (χ3n) is 3.85. The van der Waals surface area contributed by atoms with Gasteiger partial charge in [0.25, 0.3) is 5.91 Å². The first-order valence-electron chi connectivity index (χ1n) is 6.45. The molecule has 1 aromatic carbocycles. The van der Waals surface area contributed by atoms with Crippen molar-refractivity contribution in [3.63, 3.8) is 0 Å². The van der Waals surface area contributed by atoms with E-state index < -0.39 is 17.2 Å². The fraction of sp³-hybridized carbons (Fsp3) is 0.500. The quantitative estimate of drug-likeness (QED) is 0.894. The number of halogens is 2. The molecule has 0 spiro atoms. The van der Waals surface area contributed by atoms with Gasteiger partial charge in [-0.1, -0.05) is 0 Å². The van der Waals surface area contributed by atoms with E-state index in [1.807, 2.05) is 6.92 Å². The molecule has 0 aromatic heterocycles.